The number of rotatable bonds is 3. The standard InChI is InChI=1S/C7H15N5/c1-7(2,9)6-5-12(4-3-8)11-10-6/h5H,3-4,8-9H2,1-2H3. The first-order valence-electron chi connectivity index (χ1n) is 3.93. The van der Waals surface area contributed by atoms with Crippen LogP contribution in [0.3, 0.4) is 0 Å². The van der Waals surface area contributed by atoms with E-state index in [4.69, 9.17) is 11.5 Å². The van der Waals surface area contributed by atoms with Crippen molar-refractivity contribution < 1.29 is 0 Å². The molecule has 68 valence electrons. The van der Waals surface area contributed by atoms with Gasteiger partial charge < -0.3 is 11.5 Å². The second-order valence-electron chi connectivity index (χ2n) is 3.38. The van der Waals surface area contributed by atoms with E-state index in [0.717, 1.165) is 5.69 Å². The predicted octanol–water partition coefficient (Wildman–Crippen LogP) is -0.569. The summed E-state index contributed by atoms with van der Waals surface area (Å²) in [7, 11) is 0. The van der Waals surface area contributed by atoms with E-state index in [1.54, 1.807) is 4.68 Å². The fourth-order valence-electron chi connectivity index (χ4n) is 0.835. The van der Waals surface area contributed by atoms with Crippen LogP contribution in [-0.2, 0) is 12.1 Å². The van der Waals surface area contributed by atoms with Crippen LogP contribution >= 0.6 is 0 Å². The summed E-state index contributed by atoms with van der Waals surface area (Å²) in [5, 5.41) is 7.82. The van der Waals surface area contributed by atoms with Crippen LogP contribution in [0, 0.1) is 0 Å². The number of nitrogens with two attached hydrogens (primary N) is 2. The molecule has 0 radical (unpaired) electrons. The second-order valence-corrected chi connectivity index (χ2v) is 3.38. The van der Waals surface area contributed by atoms with Crippen LogP contribution < -0.4 is 11.5 Å². The highest BCUT2D eigenvalue weighted by Gasteiger charge is 2.17. The molecule has 12 heavy (non-hydrogen) atoms. The summed E-state index contributed by atoms with van der Waals surface area (Å²) in [5.74, 6) is 0. The molecule has 0 bridgehead atoms. The molecular formula is C7H15N5. The van der Waals surface area contributed by atoms with Gasteiger partial charge in [0.15, 0.2) is 0 Å². The van der Waals surface area contributed by atoms with Crippen molar-refractivity contribution in [3.8, 4) is 0 Å². The normalized spacial score (nSPS) is 12.0. The molecule has 1 heterocycles. The molecule has 0 unspecified atom stereocenters. The Morgan fingerprint density at radius 1 is 1.58 bits per heavy atom. The molecule has 1 rings (SSSR count). The topological polar surface area (TPSA) is 82.8 Å². The van der Waals surface area contributed by atoms with Gasteiger partial charge in [-0.3, -0.25) is 4.68 Å². The molecule has 0 aliphatic heterocycles. The highest BCUT2D eigenvalue weighted by molar-refractivity contribution is 5.05. The van der Waals surface area contributed by atoms with Crippen LogP contribution in [0.4, 0.5) is 0 Å². The monoisotopic (exact) mass is 169 g/mol. The van der Waals surface area contributed by atoms with Crippen LogP contribution in [0.1, 0.15) is 19.5 Å². The maximum absolute atomic E-state index is 5.82. The molecule has 0 atom stereocenters. The predicted molar refractivity (Wildman–Crippen MR) is 46.3 cm³/mol. The lowest BCUT2D eigenvalue weighted by atomic mass is 10.0. The third-order valence-corrected chi connectivity index (χ3v) is 1.56. The fourth-order valence-corrected chi connectivity index (χ4v) is 0.835. The highest BCUT2D eigenvalue weighted by atomic mass is 15.4. The quantitative estimate of drug-likeness (QED) is 0.634. The molecule has 0 saturated heterocycles. The van der Waals surface area contributed by atoms with Crippen molar-refractivity contribution in [3.63, 3.8) is 0 Å². The minimum Gasteiger partial charge on any atom is -0.329 e. The Labute approximate surface area is 71.7 Å². The van der Waals surface area contributed by atoms with E-state index >= 15 is 0 Å². The van der Waals surface area contributed by atoms with Gasteiger partial charge in [-0.1, -0.05) is 5.21 Å². The minimum absolute atomic E-state index is 0.424. The van der Waals surface area contributed by atoms with Crippen molar-refractivity contribution in [1.29, 1.82) is 0 Å². The van der Waals surface area contributed by atoms with Crippen molar-refractivity contribution in [2.45, 2.75) is 25.9 Å². The van der Waals surface area contributed by atoms with Crippen molar-refractivity contribution in [2.24, 2.45) is 11.5 Å². The summed E-state index contributed by atoms with van der Waals surface area (Å²) in [4.78, 5) is 0. The Balaban J connectivity index is 2.77. The number of nitrogens with zero attached hydrogens (tertiary/aromatic N) is 3. The lowest BCUT2D eigenvalue weighted by molar-refractivity contribution is 0.533. The van der Waals surface area contributed by atoms with Gasteiger partial charge in [-0.2, -0.15) is 0 Å². The second kappa shape index (κ2) is 3.20. The Morgan fingerprint density at radius 2 is 2.25 bits per heavy atom. The van der Waals surface area contributed by atoms with Gasteiger partial charge in [-0.25, -0.2) is 0 Å². The summed E-state index contributed by atoms with van der Waals surface area (Å²) in [6, 6.07) is 0. The third-order valence-electron chi connectivity index (χ3n) is 1.56. The molecule has 5 heteroatoms. The van der Waals surface area contributed by atoms with Crippen LogP contribution in [0.5, 0.6) is 0 Å². The molecule has 0 saturated carbocycles. The zero-order valence-corrected chi connectivity index (χ0v) is 7.49. The van der Waals surface area contributed by atoms with E-state index in [9.17, 15) is 0 Å². The molecule has 5 nitrogen and oxygen atoms in total. The minimum atomic E-state index is -0.424. The molecule has 0 amide bonds. The van der Waals surface area contributed by atoms with Gasteiger partial charge in [-0.05, 0) is 13.8 Å². The Kier molecular flexibility index (Phi) is 2.44. The summed E-state index contributed by atoms with van der Waals surface area (Å²) in [5.41, 5.74) is 11.5. The van der Waals surface area contributed by atoms with Crippen molar-refractivity contribution in [1.82, 2.24) is 15.0 Å². The number of hydrogen-bond donors (Lipinski definition) is 2. The van der Waals surface area contributed by atoms with Crippen LogP contribution in [0.25, 0.3) is 0 Å². The first kappa shape index (κ1) is 9.15. The van der Waals surface area contributed by atoms with Gasteiger partial charge in [0.25, 0.3) is 0 Å². The van der Waals surface area contributed by atoms with E-state index in [2.05, 4.69) is 10.3 Å². The summed E-state index contributed by atoms with van der Waals surface area (Å²) >= 11 is 0. The maximum atomic E-state index is 5.82. The Morgan fingerprint density at radius 3 is 2.67 bits per heavy atom. The van der Waals surface area contributed by atoms with E-state index in [0.29, 0.717) is 13.1 Å². The largest absolute Gasteiger partial charge is 0.329 e. The first-order valence-corrected chi connectivity index (χ1v) is 3.93. The zero-order chi connectivity index (χ0) is 9.19. The molecular weight excluding hydrogens is 154 g/mol. The van der Waals surface area contributed by atoms with Gasteiger partial charge in [0.2, 0.25) is 0 Å². The Bertz CT molecular complexity index is 247. The molecule has 1 aromatic rings. The van der Waals surface area contributed by atoms with Gasteiger partial charge in [0.05, 0.1) is 18.3 Å². The third kappa shape index (κ3) is 2.02. The van der Waals surface area contributed by atoms with Gasteiger partial charge >= 0.3 is 0 Å². The molecule has 0 aromatic carbocycles. The van der Waals surface area contributed by atoms with Crippen LogP contribution in [0.2, 0.25) is 0 Å². The van der Waals surface area contributed by atoms with E-state index < -0.39 is 5.54 Å². The van der Waals surface area contributed by atoms with Crippen LogP contribution in [-0.4, -0.2) is 21.5 Å². The first-order chi connectivity index (χ1) is 5.54. The van der Waals surface area contributed by atoms with E-state index in [-0.39, 0.29) is 0 Å². The van der Waals surface area contributed by atoms with Crippen LogP contribution in [0.15, 0.2) is 6.20 Å². The fraction of sp³-hybridized carbons (Fsp3) is 0.714. The van der Waals surface area contributed by atoms with Gasteiger partial charge in [0.1, 0.15) is 5.69 Å². The molecule has 0 spiro atoms. The van der Waals surface area contributed by atoms with Gasteiger partial charge in [-0.15, -0.1) is 5.10 Å². The number of hydrogen-bond acceptors (Lipinski definition) is 4. The zero-order valence-electron chi connectivity index (χ0n) is 7.49. The average Bonchev–Trinajstić information content (AvgIpc) is 2.35. The summed E-state index contributed by atoms with van der Waals surface area (Å²) < 4.78 is 1.70. The Hall–Kier alpha value is -0.940. The van der Waals surface area contributed by atoms with E-state index in [1.807, 2.05) is 20.0 Å². The summed E-state index contributed by atoms with van der Waals surface area (Å²) in [6.45, 7) is 5.03. The van der Waals surface area contributed by atoms with Gasteiger partial charge in [0, 0.05) is 6.54 Å². The SMILES string of the molecule is CC(C)(N)c1cn(CCN)nn1. The maximum Gasteiger partial charge on any atom is 0.102 e. The lowest BCUT2D eigenvalue weighted by Crippen LogP contribution is -2.29. The number of aromatic nitrogens is 3. The molecule has 0 fully saturated rings. The van der Waals surface area contributed by atoms with Crippen molar-refractivity contribution in [2.75, 3.05) is 6.54 Å². The van der Waals surface area contributed by atoms with E-state index in [1.165, 1.54) is 0 Å². The molecule has 1 aromatic heterocycles. The smallest absolute Gasteiger partial charge is 0.102 e. The lowest BCUT2D eigenvalue weighted by Gasteiger charge is -2.13. The highest BCUT2D eigenvalue weighted by Crippen LogP contribution is 2.11. The molecule has 4 N–H and O–H groups in total. The molecule has 0 aliphatic rings. The molecule has 0 aliphatic carbocycles. The van der Waals surface area contributed by atoms with Crippen molar-refractivity contribution in [3.05, 3.63) is 11.9 Å². The summed E-state index contributed by atoms with van der Waals surface area (Å²) in [6.07, 6.45) is 1.83. The average molecular weight is 169 g/mol. The van der Waals surface area contributed by atoms with Crippen molar-refractivity contribution >= 4 is 0 Å².